The maximum absolute atomic E-state index is 14.0. The summed E-state index contributed by atoms with van der Waals surface area (Å²) in [6.07, 6.45) is 1.27. The van der Waals surface area contributed by atoms with E-state index in [9.17, 15) is 9.18 Å². The second kappa shape index (κ2) is 6.64. The number of amides is 1. The summed E-state index contributed by atoms with van der Waals surface area (Å²) < 4.78 is 15.4. The molecule has 0 atom stereocenters. The topological polar surface area (TPSA) is 59.8 Å². The minimum atomic E-state index is -0.787. The van der Waals surface area contributed by atoms with Crippen molar-refractivity contribution >= 4 is 46.8 Å². The Morgan fingerprint density at radius 2 is 2.24 bits per heavy atom. The molecule has 1 N–H and O–H groups in total. The van der Waals surface area contributed by atoms with Gasteiger partial charge in [0.1, 0.15) is 12.1 Å². The van der Waals surface area contributed by atoms with E-state index in [1.54, 1.807) is 7.05 Å². The van der Waals surface area contributed by atoms with E-state index in [1.807, 2.05) is 6.92 Å². The first-order chi connectivity index (χ1) is 9.95. The zero-order valence-corrected chi connectivity index (χ0v) is 13.5. The van der Waals surface area contributed by atoms with Crippen LogP contribution in [-0.4, -0.2) is 26.4 Å². The third kappa shape index (κ3) is 3.30. The Morgan fingerprint density at radius 3 is 2.81 bits per heavy atom. The molecule has 2 rings (SSSR count). The molecule has 0 saturated heterocycles. The van der Waals surface area contributed by atoms with Crippen LogP contribution in [0.3, 0.4) is 0 Å². The van der Waals surface area contributed by atoms with Crippen LogP contribution >= 0.6 is 35.0 Å². The van der Waals surface area contributed by atoms with Crippen LogP contribution in [0.25, 0.3) is 0 Å². The fourth-order valence-corrected chi connectivity index (χ4v) is 3.19. The van der Waals surface area contributed by atoms with Crippen molar-refractivity contribution in [2.45, 2.75) is 11.8 Å². The molecule has 0 spiro atoms. The van der Waals surface area contributed by atoms with Crippen LogP contribution in [0.15, 0.2) is 17.3 Å². The molecule has 0 unspecified atom stereocenters. The molecule has 0 bridgehead atoms. The summed E-state index contributed by atoms with van der Waals surface area (Å²) in [5, 5.41) is 6.43. The normalized spacial score (nSPS) is 10.7. The molecule has 9 heteroatoms. The van der Waals surface area contributed by atoms with Gasteiger partial charge in [0.15, 0.2) is 0 Å². The third-order valence-electron chi connectivity index (χ3n) is 2.58. The SMILES string of the molecule is CCSc1c(Cl)cc(F)c(C(=O)Nc2ncnn2C)c1Cl. The van der Waals surface area contributed by atoms with E-state index in [0.29, 0.717) is 10.6 Å². The van der Waals surface area contributed by atoms with Crippen LogP contribution in [0, 0.1) is 5.82 Å². The number of nitrogens with one attached hydrogen (secondary N) is 1. The van der Waals surface area contributed by atoms with E-state index in [-0.39, 0.29) is 21.6 Å². The van der Waals surface area contributed by atoms with Crippen LogP contribution in [0.5, 0.6) is 0 Å². The molecular formula is C12H11Cl2FN4OS. The number of hydrogen-bond donors (Lipinski definition) is 1. The zero-order valence-electron chi connectivity index (χ0n) is 11.2. The highest BCUT2D eigenvalue weighted by atomic mass is 35.5. The maximum atomic E-state index is 14.0. The molecule has 21 heavy (non-hydrogen) atoms. The van der Waals surface area contributed by atoms with Crippen molar-refractivity contribution in [2.75, 3.05) is 11.1 Å². The van der Waals surface area contributed by atoms with E-state index in [2.05, 4.69) is 15.4 Å². The summed E-state index contributed by atoms with van der Waals surface area (Å²) in [6.45, 7) is 1.90. The fourth-order valence-electron chi connectivity index (χ4n) is 1.63. The Morgan fingerprint density at radius 1 is 1.52 bits per heavy atom. The minimum absolute atomic E-state index is 0.00785. The molecule has 5 nitrogen and oxygen atoms in total. The van der Waals surface area contributed by atoms with Crippen LogP contribution in [-0.2, 0) is 7.05 Å². The number of nitrogens with zero attached hydrogens (tertiary/aromatic N) is 3. The summed E-state index contributed by atoms with van der Waals surface area (Å²) in [5.41, 5.74) is -0.264. The Labute approximate surface area is 134 Å². The Hall–Kier alpha value is -1.31. The summed E-state index contributed by atoms with van der Waals surface area (Å²) in [6, 6.07) is 1.08. The third-order valence-corrected chi connectivity index (χ3v) is 4.48. The second-order valence-electron chi connectivity index (χ2n) is 3.95. The Balaban J connectivity index is 2.41. The van der Waals surface area contributed by atoms with Gasteiger partial charge in [-0.05, 0) is 11.8 Å². The van der Waals surface area contributed by atoms with E-state index in [1.165, 1.54) is 22.8 Å². The predicted octanol–water partition coefficient (Wildman–Crippen LogP) is 3.63. The van der Waals surface area contributed by atoms with Crippen LogP contribution in [0.1, 0.15) is 17.3 Å². The molecule has 1 aromatic heterocycles. The quantitative estimate of drug-likeness (QED) is 0.857. The smallest absolute Gasteiger partial charge is 0.262 e. The van der Waals surface area contributed by atoms with Crippen LogP contribution in [0.2, 0.25) is 10.0 Å². The number of thioether (sulfide) groups is 1. The van der Waals surface area contributed by atoms with Crippen molar-refractivity contribution in [3.05, 3.63) is 33.8 Å². The molecule has 0 aliphatic heterocycles. The van der Waals surface area contributed by atoms with Crippen LogP contribution in [0.4, 0.5) is 10.3 Å². The summed E-state index contributed by atoms with van der Waals surface area (Å²) in [5.74, 6) is -0.612. The van der Waals surface area contributed by atoms with Crippen molar-refractivity contribution in [1.29, 1.82) is 0 Å². The number of anilines is 1. The molecule has 1 heterocycles. The van der Waals surface area contributed by atoms with E-state index >= 15 is 0 Å². The van der Waals surface area contributed by atoms with Gasteiger partial charge < -0.3 is 0 Å². The zero-order chi connectivity index (χ0) is 15.6. The Bertz CT molecular complexity index is 692. The lowest BCUT2D eigenvalue weighted by atomic mass is 10.2. The minimum Gasteiger partial charge on any atom is -0.290 e. The summed E-state index contributed by atoms with van der Waals surface area (Å²) in [7, 11) is 1.60. The number of hydrogen-bond acceptors (Lipinski definition) is 4. The number of aromatic nitrogens is 3. The predicted molar refractivity (Wildman–Crippen MR) is 81.8 cm³/mol. The van der Waals surface area contributed by atoms with Gasteiger partial charge in [-0.3, -0.25) is 10.1 Å². The van der Waals surface area contributed by atoms with E-state index in [4.69, 9.17) is 23.2 Å². The molecule has 2 aromatic rings. The molecule has 0 saturated carbocycles. The first-order valence-electron chi connectivity index (χ1n) is 5.91. The largest absolute Gasteiger partial charge is 0.290 e. The average molecular weight is 349 g/mol. The lowest BCUT2D eigenvalue weighted by Gasteiger charge is -2.12. The first-order valence-corrected chi connectivity index (χ1v) is 7.65. The van der Waals surface area contributed by atoms with Crippen molar-refractivity contribution in [1.82, 2.24) is 14.8 Å². The van der Waals surface area contributed by atoms with Crippen molar-refractivity contribution in [3.63, 3.8) is 0 Å². The van der Waals surface area contributed by atoms with Gasteiger partial charge in [-0.1, -0.05) is 30.1 Å². The first kappa shape index (κ1) is 16.1. The average Bonchev–Trinajstić information content (AvgIpc) is 2.80. The fraction of sp³-hybridized carbons (Fsp3) is 0.250. The van der Waals surface area contributed by atoms with Gasteiger partial charge in [-0.2, -0.15) is 10.1 Å². The van der Waals surface area contributed by atoms with Crippen molar-refractivity contribution in [3.8, 4) is 0 Å². The maximum Gasteiger partial charge on any atom is 0.262 e. The molecular weight excluding hydrogens is 338 g/mol. The monoisotopic (exact) mass is 348 g/mol. The van der Waals surface area contributed by atoms with E-state index in [0.717, 1.165) is 6.07 Å². The highest BCUT2D eigenvalue weighted by Crippen LogP contribution is 2.38. The van der Waals surface area contributed by atoms with Gasteiger partial charge in [-0.15, -0.1) is 11.8 Å². The summed E-state index contributed by atoms with van der Waals surface area (Å²) >= 11 is 13.4. The number of aryl methyl sites for hydroxylation is 1. The molecule has 0 aliphatic carbocycles. The van der Waals surface area contributed by atoms with Crippen molar-refractivity contribution < 1.29 is 9.18 Å². The molecule has 1 amide bonds. The highest BCUT2D eigenvalue weighted by Gasteiger charge is 2.23. The standard InChI is InChI=1S/C12H11Cl2FN4OS/c1-3-21-10-6(13)4-7(15)8(9(10)14)11(20)18-12-16-5-17-19(12)2/h4-5H,3H2,1-2H3,(H,16,17,18,20). The van der Waals surface area contributed by atoms with Gasteiger partial charge in [0.25, 0.3) is 5.91 Å². The molecule has 0 aliphatic rings. The van der Waals surface area contributed by atoms with E-state index < -0.39 is 11.7 Å². The number of halogens is 3. The second-order valence-corrected chi connectivity index (χ2v) is 6.01. The van der Waals surface area contributed by atoms with Gasteiger partial charge in [0, 0.05) is 11.9 Å². The highest BCUT2D eigenvalue weighted by molar-refractivity contribution is 7.99. The molecule has 1 aromatic carbocycles. The number of rotatable bonds is 4. The molecule has 0 radical (unpaired) electrons. The van der Waals surface area contributed by atoms with Gasteiger partial charge in [0.05, 0.1) is 15.6 Å². The lowest BCUT2D eigenvalue weighted by molar-refractivity contribution is 0.102. The summed E-state index contributed by atoms with van der Waals surface area (Å²) in [4.78, 5) is 16.5. The molecule has 112 valence electrons. The van der Waals surface area contributed by atoms with Crippen LogP contribution < -0.4 is 5.32 Å². The van der Waals surface area contributed by atoms with Gasteiger partial charge >= 0.3 is 0 Å². The number of carbonyl (C=O) groups is 1. The number of benzene rings is 1. The Kier molecular flexibility index (Phi) is 5.08. The molecule has 0 fully saturated rings. The van der Waals surface area contributed by atoms with Crippen molar-refractivity contribution in [2.24, 2.45) is 7.05 Å². The lowest BCUT2D eigenvalue weighted by Crippen LogP contribution is -2.17. The number of carbonyl (C=O) groups excluding carboxylic acids is 1. The van der Waals surface area contributed by atoms with Gasteiger partial charge in [-0.25, -0.2) is 9.07 Å². The van der Waals surface area contributed by atoms with Gasteiger partial charge in [0.2, 0.25) is 5.95 Å².